The summed E-state index contributed by atoms with van der Waals surface area (Å²) in [5.41, 5.74) is 1.79. The molecule has 6 heteroatoms. The topological polar surface area (TPSA) is 43.6 Å². The molecule has 1 aromatic carbocycles. The maximum atomic E-state index is 13.3. The number of pyridine rings is 1. The van der Waals surface area contributed by atoms with Crippen molar-refractivity contribution in [1.82, 2.24) is 19.7 Å². The van der Waals surface area contributed by atoms with Gasteiger partial charge in [-0.15, -0.1) is 0 Å². The smallest absolute Gasteiger partial charge is 0.155 e. The van der Waals surface area contributed by atoms with Gasteiger partial charge in [0.1, 0.15) is 24.3 Å². The van der Waals surface area contributed by atoms with E-state index in [9.17, 15) is 8.78 Å². The lowest BCUT2D eigenvalue weighted by Crippen LogP contribution is -2.00. The van der Waals surface area contributed by atoms with Crippen LogP contribution in [0.25, 0.3) is 16.9 Å². The van der Waals surface area contributed by atoms with Gasteiger partial charge < -0.3 is 0 Å². The molecular formula is C14H10F2N4. The second-order valence-electron chi connectivity index (χ2n) is 4.30. The Kier molecular flexibility index (Phi) is 2.98. The molecule has 0 spiro atoms. The maximum Gasteiger partial charge on any atom is 0.155 e. The summed E-state index contributed by atoms with van der Waals surface area (Å²) in [5.74, 6) is -0.625. The number of rotatable bonds is 2. The van der Waals surface area contributed by atoms with Crippen LogP contribution in [0.4, 0.5) is 8.78 Å². The molecule has 0 radical (unpaired) electrons. The predicted octanol–water partition coefficient (Wildman–Crippen LogP) is 2.92. The van der Waals surface area contributed by atoms with Crippen molar-refractivity contribution >= 4 is 0 Å². The van der Waals surface area contributed by atoms with Crippen LogP contribution in [0.1, 0.15) is 5.69 Å². The Bertz CT molecular complexity index is 734. The van der Waals surface area contributed by atoms with Gasteiger partial charge in [-0.25, -0.2) is 23.4 Å². The van der Waals surface area contributed by atoms with E-state index in [1.165, 1.54) is 29.5 Å². The van der Waals surface area contributed by atoms with E-state index in [1.54, 1.807) is 19.1 Å². The highest BCUT2D eigenvalue weighted by Crippen LogP contribution is 2.24. The van der Waals surface area contributed by atoms with Gasteiger partial charge in [0.25, 0.3) is 0 Å². The fourth-order valence-corrected chi connectivity index (χ4v) is 2.02. The van der Waals surface area contributed by atoms with E-state index in [4.69, 9.17) is 0 Å². The quantitative estimate of drug-likeness (QED) is 0.720. The molecule has 20 heavy (non-hydrogen) atoms. The summed E-state index contributed by atoms with van der Waals surface area (Å²) in [5, 5.41) is 3.98. The molecule has 0 aliphatic heterocycles. The first-order chi connectivity index (χ1) is 9.63. The molecule has 0 aliphatic rings. The standard InChI is InChI=1S/C14H10F2N4/c1-9-13(10-4-11(15)6-12(16)5-10)2-3-14(19-9)20-8-17-7-18-20/h2-8H,1H3. The van der Waals surface area contributed by atoms with E-state index < -0.39 is 11.6 Å². The minimum absolute atomic E-state index is 0.456. The van der Waals surface area contributed by atoms with Crippen molar-refractivity contribution in [2.45, 2.75) is 6.92 Å². The van der Waals surface area contributed by atoms with Gasteiger partial charge in [0.05, 0.1) is 0 Å². The Morgan fingerprint density at radius 3 is 2.40 bits per heavy atom. The van der Waals surface area contributed by atoms with Crippen molar-refractivity contribution in [3.05, 3.63) is 60.3 Å². The molecule has 4 nitrogen and oxygen atoms in total. The summed E-state index contributed by atoms with van der Waals surface area (Å²) >= 11 is 0. The molecule has 0 saturated heterocycles. The Hall–Kier alpha value is -2.63. The normalized spacial score (nSPS) is 10.8. The number of hydrogen-bond acceptors (Lipinski definition) is 3. The second kappa shape index (κ2) is 4.80. The molecule has 0 bridgehead atoms. The number of halogens is 2. The van der Waals surface area contributed by atoms with Gasteiger partial charge in [0.15, 0.2) is 5.82 Å². The predicted molar refractivity (Wildman–Crippen MR) is 69.2 cm³/mol. The molecule has 0 unspecified atom stereocenters. The van der Waals surface area contributed by atoms with Crippen LogP contribution in [0.3, 0.4) is 0 Å². The Morgan fingerprint density at radius 2 is 1.80 bits per heavy atom. The van der Waals surface area contributed by atoms with Gasteiger partial charge in [0.2, 0.25) is 0 Å². The molecule has 0 fully saturated rings. The van der Waals surface area contributed by atoms with E-state index in [1.807, 2.05) is 0 Å². The molecule has 0 atom stereocenters. The SMILES string of the molecule is Cc1nc(-n2cncn2)ccc1-c1cc(F)cc(F)c1. The van der Waals surface area contributed by atoms with Crippen molar-refractivity contribution in [2.75, 3.05) is 0 Å². The summed E-state index contributed by atoms with van der Waals surface area (Å²) in [4.78, 5) is 8.21. The lowest BCUT2D eigenvalue weighted by Gasteiger charge is -2.08. The third kappa shape index (κ3) is 2.27. The highest BCUT2D eigenvalue weighted by atomic mass is 19.1. The Labute approximate surface area is 113 Å². The third-order valence-electron chi connectivity index (χ3n) is 2.90. The first-order valence-electron chi connectivity index (χ1n) is 5.92. The van der Waals surface area contributed by atoms with E-state index in [0.29, 0.717) is 22.6 Å². The fraction of sp³-hybridized carbons (Fsp3) is 0.0714. The number of hydrogen-bond donors (Lipinski definition) is 0. The molecule has 0 aliphatic carbocycles. The van der Waals surface area contributed by atoms with Crippen LogP contribution in [0, 0.1) is 18.6 Å². The zero-order valence-electron chi connectivity index (χ0n) is 10.6. The summed E-state index contributed by atoms with van der Waals surface area (Å²) in [6, 6.07) is 6.88. The van der Waals surface area contributed by atoms with E-state index >= 15 is 0 Å². The molecule has 100 valence electrons. The van der Waals surface area contributed by atoms with Crippen molar-refractivity contribution in [1.29, 1.82) is 0 Å². The van der Waals surface area contributed by atoms with E-state index in [-0.39, 0.29) is 0 Å². The summed E-state index contributed by atoms with van der Waals surface area (Å²) in [7, 11) is 0. The number of nitrogens with zero attached hydrogens (tertiary/aromatic N) is 4. The largest absolute Gasteiger partial charge is 0.233 e. The first kappa shape index (κ1) is 12.4. The zero-order chi connectivity index (χ0) is 14.1. The zero-order valence-corrected chi connectivity index (χ0v) is 10.6. The molecule has 2 heterocycles. The van der Waals surface area contributed by atoms with Crippen LogP contribution >= 0.6 is 0 Å². The number of benzene rings is 1. The van der Waals surface area contributed by atoms with Gasteiger partial charge >= 0.3 is 0 Å². The van der Waals surface area contributed by atoms with E-state index in [0.717, 1.165) is 6.07 Å². The van der Waals surface area contributed by atoms with E-state index in [2.05, 4.69) is 15.1 Å². The molecule has 2 aromatic heterocycles. The molecular weight excluding hydrogens is 262 g/mol. The van der Waals surface area contributed by atoms with Crippen LogP contribution in [-0.4, -0.2) is 19.7 Å². The molecule has 0 saturated carbocycles. The van der Waals surface area contributed by atoms with Gasteiger partial charge in [0, 0.05) is 17.3 Å². The van der Waals surface area contributed by atoms with Crippen LogP contribution in [0.15, 0.2) is 43.0 Å². The molecule has 3 aromatic rings. The van der Waals surface area contributed by atoms with Gasteiger partial charge in [-0.2, -0.15) is 5.10 Å². The average Bonchev–Trinajstić information content (AvgIpc) is 2.91. The maximum absolute atomic E-state index is 13.3. The molecule has 3 rings (SSSR count). The van der Waals surface area contributed by atoms with Crippen molar-refractivity contribution in [3.8, 4) is 16.9 Å². The van der Waals surface area contributed by atoms with Crippen LogP contribution < -0.4 is 0 Å². The van der Waals surface area contributed by atoms with Crippen molar-refractivity contribution in [2.24, 2.45) is 0 Å². The summed E-state index contributed by atoms with van der Waals surface area (Å²) < 4.78 is 28.0. The van der Waals surface area contributed by atoms with Gasteiger partial charge in [-0.3, -0.25) is 0 Å². The molecule has 0 amide bonds. The second-order valence-corrected chi connectivity index (χ2v) is 4.30. The first-order valence-corrected chi connectivity index (χ1v) is 5.92. The number of aromatic nitrogens is 4. The summed E-state index contributed by atoms with van der Waals surface area (Å²) in [6.45, 7) is 1.78. The van der Waals surface area contributed by atoms with Crippen LogP contribution in [0.5, 0.6) is 0 Å². The Morgan fingerprint density at radius 1 is 1.05 bits per heavy atom. The van der Waals surface area contributed by atoms with Crippen molar-refractivity contribution in [3.63, 3.8) is 0 Å². The average molecular weight is 272 g/mol. The molecule has 0 N–H and O–H groups in total. The Balaban J connectivity index is 2.07. The van der Waals surface area contributed by atoms with Crippen molar-refractivity contribution < 1.29 is 8.78 Å². The minimum Gasteiger partial charge on any atom is -0.233 e. The van der Waals surface area contributed by atoms with Crippen LogP contribution in [-0.2, 0) is 0 Å². The van der Waals surface area contributed by atoms with Gasteiger partial charge in [-0.05, 0) is 36.8 Å². The lowest BCUT2D eigenvalue weighted by molar-refractivity contribution is 0.584. The fourth-order valence-electron chi connectivity index (χ4n) is 2.02. The highest BCUT2D eigenvalue weighted by molar-refractivity contribution is 5.66. The highest BCUT2D eigenvalue weighted by Gasteiger charge is 2.08. The number of aryl methyl sites for hydroxylation is 1. The minimum atomic E-state index is -0.611. The van der Waals surface area contributed by atoms with Gasteiger partial charge in [-0.1, -0.05) is 0 Å². The van der Waals surface area contributed by atoms with Crippen LogP contribution in [0.2, 0.25) is 0 Å². The summed E-state index contributed by atoms with van der Waals surface area (Å²) in [6.07, 6.45) is 2.94. The lowest BCUT2D eigenvalue weighted by atomic mass is 10.0. The monoisotopic (exact) mass is 272 g/mol. The third-order valence-corrected chi connectivity index (χ3v) is 2.90.